The molecule has 0 bridgehead atoms. The van der Waals surface area contributed by atoms with E-state index in [-0.39, 0.29) is 5.91 Å². The van der Waals surface area contributed by atoms with Crippen LogP contribution in [0.3, 0.4) is 0 Å². The minimum absolute atomic E-state index is 0.344. The third-order valence-electron chi connectivity index (χ3n) is 3.52. The van der Waals surface area contributed by atoms with E-state index in [1.165, 1.54) is 0 Å². The molecule has 0 spiro atoms. The molecule has 0 aliphatic heterocycles. The van der Waals surface area contributed by atoms with Gasteiger partial charge in [0.15, 0.2) is 5.60 Å². The van der Waals surface area contributed by atoms with Crippen molar-refractivity contribution in [3.8, 4) is 5.75 Å². The Labute approximate surface area is 153 Å². The van der Waals surface area contributed by atoms with Crippen LogP contribution >= 0.6 is 11.6 Å². The lowest BCUT2D eigenvalue weighted by Gasteiger charge is -2.24. The Balaban J connectivity index is 1.94. The minimum atomic E-state index is -1.07. The lowest BCUT2D eigenvalue weighted by molar-refractivity contribution is -0.134. The predicted octanol–water partition coefficient (Wildman–Crippen LogP) is 3.71. The fourth-order valence-electron chi connectivity index (χ4n) is 2.00. The average Bonchev–Trinajstić information content (AvgIpc) is 2.57. The third kappa shape index (κ3) is 5.50. The van der Waals surface area contributed by atoms with Crippen LogP contribution in [0.4, 0.5) is 5.69 Å². The van der Waals surface area contributed by atoms with Crippen LogP contribution in [0.25, 0.3) is 0 Å². The number of hydrogen-bond donors (Lipinski definition) is 1. The number of hydrogen-bond acceptors (Lipinski definition) is 4. The van der Waals surface area contributed by atoms with E-state index in [4.69, 9.17) is 16.3 Å². The van der Waals surface area contributed by atoms with Gasteiger partial charge in [-0.25, -0.2) is 5.43 Å². The molecule has 25 heavy (non-hydrogen) atoms. The zero-order chi connectivity index (χ0) is 18.4. The fourth-order valence-corrected chi connectivity index (χ4v) is 2.13. The molecule has 0 heterocycles. The molecule has 2 aromatic rings. The second-order valence-electron chi connectivity index (χ2n) is 6.25. The quantitative estimate of drug-likeness (QED) is 0.631. The number of anilines is 1. The molecule has 6 heteroatoms. The number of hydrazone groups is 1. The van der Waals surface area contributed by atoms with Gasteiger partial charge in [0.25, 0.3) is 5.91 Å². The molecule has 2 aromatic carbocycles. The Morgan fingerprint density at radius 1 is 1.12 bits per heavy atom. The molecule has 0 atom stereocenters. The predicted molar refractivity (Wildman–Crippen MR) is 103 cm³/mol. The van der Waals surface area contributed by atoms with Crippen LogP contribution in [0.5, 0.6) is 5.75 Å². The van der Waals surface area contributed by atoms with E-state index in [0.29, 0.717) is 10.8 Å². The highest BCUT2D eigenvalue weighted by molar-refractivity contribution is 6.30. The highest BCUT2D eigenvalue weighted by atomic mass is 35.5. The van der Waals surface area contributed by atoms with E-state index in [0.717, 1.165) is 11.3 Å². The van der Waals surface area contributed by atoms with E-state index in [1.807, 2.05) is 43.3 Å². The van der Waals surface area contributed by atoms with Crippen LogP contribution in [0, 0.1) is 0 Å². The summed E-state index contributed by atoms with van der Waals surface area (Å²) < 4.78 is 5.71. The average molecular weight is 360 g/mol. The Kier molecular flexibility index (Phi) is 6.04. The highest BCUT2D eigenvalue weighted by Crippen LogP contribution is 2.21. The second kappa shape index (κ2) is 8.03. The molecule has 0 saturated heterocycles. The van der Waals surface area contributed by atoms with Crippen molar-refractivity contribution in [1.82, 2.24) is 5.43 Å². The molecule has 0 aromatic heterocycles. The Morgan fingerprint density at radius 2 is 1.72 bits per heavy atom. The Morgan fingerprint density at radius 3 is 2.28 bits per heavy atom. The van der Waals surface area contributed by atoms with Gasteiger partial charge < -0.3 is 9.64 Å². The van der Waals surface area contributed by atoms with E-state index in [9.17, 15) is 4.79 Å². The zero-order valence-electron chi connectivity index (χ0n) is 14.8. The van der Waals surface area contributed by atoms with Crippen molar-refractivity contribution in [1.29, 1.82) is 0 Å². The van der Waals surface area contributed by atoms with Crippen molar-refractivity contribution < 1.29 is 9.53 Å². The molecular weight excluding hydrogens is 338 g/mol. The van der Waals surface area contributed by atoms with Crippen LogP contribution in [0.2, 0.25) is 5.02 Å². The summed E-state index contributed by atoms with van der Waals surface area (Å²) in [5, 5.41) is 4.61. The number of carbonyl (C=O) groups is 1. The summed E-state index contributed by atoms with van der Waals surface area (Å²) in [6.45, 7) is 3.36. The number of carbonyl (C=O) groups excluding carboxylic acids is 1. The Bertz CT molecular complexity index is 738. The van der Waals surface area contributed by atoms with Crippen LogP contribution in [-0.4, -0.2) is 31.8 Å². The SMILES string of the molecule is CN(C)c1ccc(/C=N/NC(=O)C(C)(C)Oc2ccc(Cl)cc2)cc1. The smallest absolute Gasteiger partial charge is 0.283 e. The number of nitrogens with zero attached hydrogens (tertiary/aromatic N) is 2. The molecule has 1 N–H and O–H groups in total. The number of rotatable bonds is 6. The Hall–Kier alpha value is -2.53. The summed E-state index contributed by atoms with van der Waals surface area (Å²) in [7, 11) is 3.96. The van der Waals surface area contributed by atoms with Crippen molar-refractivity contribution in [3.63, 3.8) is 0 Å². The summed E-state index contributed by atoms with van der Waals surface area (Å²) in [6.07, 6.45) is 1.59. The number of benzene rings is 2. The van der Waals surface area contributed by atoms with Gasteiger partial charge in [0.1, 0.15) is 5.75 Å². The van der Waals surface area contributed by atoms with E-state index in [1.54, 1.807) is 44.3 Å². The van der Waals surface area contributed by atoms with E-state index in [2.05, 4.69) is 10.5 Å². The molecule has 0 aliphatic carbocycles. The lowest BCUT2D eigenvalue weighted by Crippen LogP contribution is -2.44. The van der Waals surface area contributed by atoms with Crippen molar-refractivity contribution in [2.45, 2.75) is 19.4 Å². The van der Waals surface area contributed by atoms with Crippen molar-refractivity contribution in [3.05, 3.63) is 59.1 Å². The van der Waals surface area contributed by atoms with Gasteiger partial charge in [0, 0.05) is 24.8 Å². The summed E-state index contributed by atoms with van der Waals surface area (Å²) in [4.78, 5) is 14.3. The normalized spacial score (nSPS) is 11.4. The number of ether oxygens (including phenoxy) is 1. The molecule has 0 fully saturated rings. The standard InChI is InChI=1S/C19H22ClN3O2/c1-19(2,25-17-11-7-15(20)8-12-17)18(24)22-21-13-14-5-9-16(10-6-14)23(3)4/h5-13H,1-4H3,(H,22,24)/b21-13+. The van der Waals surface area contributed by atoms with Gasteiger partial charge in [0.2, 0.25) is 0 Å². The van der Waals surface area contributed by atoms with Crippen LogP contribution in [0.1, 0.15) is 19.4 Å². The minimum Gasteiger partial charge on any atom is -0.478 e. The maximum Gasteiger partial charge on any atom is 0.283 e. The van der Waals surface area contributed by atoms with Gasteiger partial charge in [0.05, 0.1) is 6.21 Å². The van der Waals surface area contributed by atoms with Gasteiger partial charge >= 0.3 is 0 Å². The van der Waals surface area contributed by atoms with Gasteiger partial charge in [-0.05, 0) is 55.8 Å². The molecule has 2 rings (SSSR count). The lowest BCUT2D eigenvalue weighted by atomic mass is 10.1. The van der Waals surface area contributed by atoms with Gasteiger partial charge in [-0.2, -0.15) is 5.10 Å². The molecule has 0 radical (unpaired) electrons. The highest BCUT2D eigenvalue weighted by Gasteiger charge is 2.29. The number of halogens is 1. The topological polar surface area (TPSA) is 53.9 Å². The van der Waals surface area contributed by atoms with Crippen LogP contribution in [0.15, 0.2) is 53.6 Å². The molecular formula is C19H22ClN3O2. The maximum atomic E-state index is 12.3. The first-order chi connectivity index (χ1) is 11.8. The maximum absolute atomic E-state index is 12.3. The van der Waals surface area contributed by atoms with Crippen molar-refractivity contribution in [2.75, 3.05) is 19.0 Å². The molecule has 0 aliphatic rings. The third-order valence-corrected chi connectivity index (χ3v) is 3.77. The fraction of sp³-hybridized carbons (Fsp3) is 0.263. The summed E-state index contributed by atoms with van der Waals surface area (Å²) in [5.41, 5.74) is 3.43. The van der Waals surface area contributed by atoms with Crippen LogP contribution in [-0.2, 0) is 4.79 Å². The molecule has 0 saturated carbocycles. The zero-order valence-corrected chi connectivity index (χ0v) is 15.5. The second-order valence-corrected chi connectivity index (χ2v) is 6.69. The largest absolute Gasteiger partial charge is 0.478 e. The monoisotopic (exact) mass is 359 g/mol. The van der Waals surface area contributed by atoms with Crippen molar-refractivity contribution in [2.24, 2.45) is 5.10 Å². The molecule has 132 valence electrons. The van der Waals surface area contributed by atoms with Crippen LogP contribution < -0.4 is 15.1 Å². The summed E-state index contributed by atoms with van der Waals surface area (Å²) in [6, 6.07) is 14.7. The van der Waals surface area contributed by atoms with Crippen molar-refractivity contribution >= 4 is 29.4 Å². The molecule has 1 amide bonds. The molecule has 5 nitrogen and oxygen atoms in total. The first-order valence-electron chi connectivity index (χ1n) is 7.83. The summed E-state index contributed by atoms with van der Waals surface area (Å²) >= 11 is 5.84. The first kappa shape index (κ1) is 18.8. The number of nitrogens with one attached hydrogen (secondary N) is 1. The summed E-state index contributed by atoms with van der Waals surface area (Å²) in [5.74, 6) is 0.219. The number of amides is 1. The van der Waals surface area contributed by atoms with E-state index < -0.39 is 5.60 Å². The van der Waals surface area contributed by atoms with Gasteiger partial charge in [-0.1, -0.05) is 23.7 Å². The molecule has 0 unspecified atom stereocenters. The first-order valence-corrected chi connectivity index (χ1v) is 8.21. The van der Waals surface area contributed by atoms with Gasteiger partial charge in [-0.3, -0.25) is 4.79 Å². The van der Waals surface area contributed by atoms with Gasteiger partial charge in [-0.15, -0.1) is 0 Å². The van der Waals surface area contributed by atoms with E-state index >= 15 is 0 Å².